The fraction of sp³-hybridized carbons (Fsp3) is 0.588. The average molecular weight is 274 g/mol. The predicted octanol–water partition coefficient (Wildman–Crippen LogP) is 3.59. The van der Waals surface area contributed by atoms with Gasteiger partial charge in [-0.25, -0.2) is 0 Å². The van der Waals surface area contributed by atoms with Crippen LogP contribution in [0.2, 0.25) is 0 Å². The Morgan fingerprint density at radius 1 is 1.20 bits per heavy atom. The summed E-state index contributed by atoms with van der Waals surface area (Å²) in [5.41, 5.74) is 7.63. The minimum Gasteiger partial charge on any atom is -0.399 e. The molecule has 1 aliphatic carbocycles. The fourth-order valence-electron chi connectivity index (χ4n) is 2.92. The van der Waals surface area contributed by atoms with Crippen molar-refractivity contribution in [1.29, 1.82) is 0 Å². The second-order valence-corrected chi connectivity index (χ2v) is 6.14. The van der Waals surface area contributed by atoms with Crippen molar-refractivity contribution in [2.75, 3.05) is 5.73 Å². The number of anilines is 1. The lowest BCUT2D eigenvalue weighted by atomic mass is 9.88. The van der Waals surface area contributed by atoms with Crippen LogP contribution < -0.4 is 5.73 Å². The number of nitrogen functional groups attached to an aromatic ring is 1. The Morgan fingerprint density at radius 3 is 2.35 bits per heavy atom. The molecule has 0 aliphatic heterocycles. The molecule has 1 aromatic rings. The number of carbonyl (C=O) groups is 1. The summed E-state index contributed by atoms with van der Waals surface area (Å²) in [4.78, 5) is 14.7. The molecule has 1 aromatic carbocycles. The number of rotatable bonds is 4. The summed E-state index contributed by atoms with van der Waals surface area (Å²) in [5.74, 6) is 0.566. The fourth-order valence-corrected chi connectivity index (χ4v) is 2.92. The lowest BCUT2D eigenvalue weighted by molar-refractivity contribution is -0.139. The molecule has 0 heterocycles. The Bertz CT molecular complexity index is 433. The Balaban J connectivity index is 2.06. The van der Waals surface area contributed by atoms with Crippen molar-refractivity contribution in [3.8, 4) is 0 Å². The van der Waals surface area contributed by atoms with E-state index in [1.807, 2.05) is 29.2 Å². The Hall–Kier alpha value is -1.51. The second kappa shape index (κ2) is 6.78. The number of amides is 1. The first-order valence-corrected chi connectivity index (χ1v) is 7.73. The van der Waals surface area contributed by atoms with Crippen LogP contribution in [0.15, 0.2) is 24.3 Å². The molecule has 1 amide bonds. The zero-order valence-corrected chi connectivity index (χ0v) is 12.6. The first-order chi connectivity index (χ1) is 9.58. The van der Waals surface area contributed by atoms with Crippen LogP contribution in [-0.2, 0) is 11.3 Å². The Morgan fingerprint density at radius 2 is 1.80 bits per heavy atom. The predicted molar refractivity (Wildman–Crippen MR) is 83.1 cm³/mol. The van der Waals surface area contributed by atoms with Gasteiger partial charge < -0.3 is 10.6 Å². The van der Waals surface area contributed by atoms with E-state index in [0.29, 0.717) is 12.5 Å². The maximum absolute atomic E-state index is 12.7. The Kier molecular flexibility index (Phi) is 5.05. The number of hydrogen-bond donors (Lipinski definition) is 1. The van der Waals surface area contributed by atoms with E-state index in [4.69, 9.17) is 5.73 Å². The molecule has 110 valence electrons. The van der Waals surface area contributed by atoms with E-state index < -0.39 is 0 Å². The highest BCUT2D eigenvalue weighted by Gasteiger charge is 2.27. The molecule has 1 fully saturated rings. The molecule has 0 spiro atoms. The van der Waals surface area contributed by atoms with E-state index in [2.05, 4.69) is 13.8 Å². The maximum Gasteiger partial charge on any atom is 0.226 e. The van der Waals surface area contributed by atoms with Crippen LogP contribution in [0.5, 0.6) is 0 Å². The summed E-state index contributed by atoms with van der Waals surface area (Å²) in [5, 5.41) is 0. The SMILES string of the molecule is CC(C)N(Cc1ccc(N)cc1)C(=O)C1CCCCC1. The molecule has 1 saturated carbocycles. The molecular weight excluding hydrogens is 248 g/mol. The highest BCUT2D eigenvalue weighted by Crippen LogP contribution is 2.26. The zero-order valence-electron chi connectivity index (χ0n) is 12.6. The minimum atomic E-state index is 0.236. The molecule has 20 heavy (non-hydrogen) atoms. The van der Waals surface area contributed by atoms with Gasteiger partial charge in [0, 0.05) is 24.2 Å². The molecule has 3 nitrogen and oxygen atoms in total. The monoisotopic (exact) mass is 274 g/mol. The van der Waals surface area contributed by atoms with E-state index >= 15 is 0 Å². The van der Waals surface area contributed by atoms with Gasteiger partial charge in [-0.15, -0.1) is 0 Å². The third-order valence-electron chi connectivity index (χ3n) is 4.19. The molecular formula is C17H26N2O. The molecule has 2 N–H and O–H groups in total. The molecule has 0 atom stereocenters. The summed E-state index contributed by atoms with van der Waals surface area (Å²) < 4.78 is 0. The topological polar surface area (TPSA) is 46.3 Å². The van der Waals surface area contributed by atoms with Gasteiger partial charge in [-0.3, -0.25) is 4.79 Å². The van der Waals surface area contributed by atoms with Crippen molar-refractivity contribution in [2.24, 2.45) is 5.92 Å². The molecule has 1 aliphatic rings. The number of benzene rings is 1. The third kappa shape index (κ3) is 3.75. The largest absolute Gasteiger partial charge is 0.399 e. The van der Waals surface area contributed by atoms with Crippen LogP contribution in [0.3, 0.4) is 0 Å². The quantitative estimate of drug-likeness (QED) is 0.853. The molecule has 2 rings (SSSR count). The third-order valence-corrected chi connectivity index (χ3v) is 4.19. The average Bonchev–Trinajstić information content (AvgIpc) is 2.46. The maximum atomic E-state index is 12.7. The number of nitrogens with zero attached hydrogens (tertiary/aromatic N) is 1. The number of hydrogen-bond acceptors (Lipinski definition) is 2. The first kappa shape index (κ1) is 14.9. The van der Waals surface area contributed by atoms with Crippen LogP contribution >= 0.6 is 0 Å². The summed E-state index contributed by atoms with van der Waals surface area (Å²) in [6.07, 6.45) is 5.80. The van der Waals surface area contributed by atoms with E-state index in [9.17, 15) is 4.79 Å². The van der Waals surface area contributed by atoms with Crippen LogP contribution in [0.1, 0.15) is 51.5 Å². The van der Waals surface area contributed by atoms with Crippen LogP contribution in [0.4, 0.5) is 5.69 Å². The van der Waals surface area contributed by atoms with Gasteiger partial charge in [0.15, 0.2) is 0 Å². The van der Waals surface area contributed by atoms with Gasteiger partial charge in [0.1, 0.15) is 0 Å². The second-order valence-electron chi connectivity index (χ2n) is 6.14. The van der Waals surface area contributed by atoms with Crippen LogP contribution in [-0.4, -0.2) is 16.8 Å². The highest BCUT2D eigenvalue weighted by atomic mass is 16.2. The minimum absolute atomic E-state index is 0.236. The summed E-state index contributed by atoms with van der Waals surface area (Å²) in [6, 6.07) is 8.07. The van der Waals surface area contributed by atoms with Crippen LogP contribution in [0, 0.1) is 5.92 Å². The standard InChI is InChI=1S/C17H26N2O/c1-13(2)19(12-14-8-10-16(18)11-9-14)17(20)15-6-4-3-5-7-15/h8-11,13,15H,3-7,12,18H2,1-2H3. The van der Waals surface area contributed by atoms with Gasteiger partial charge in [0.25, 0.3) is 0 Å². The number of nitrogens with two attached hydrogens (primary N) is 1. The normalized spacial score (nSPS) is 16.4. The van der Waals surface area contributed by atoms with E-state index in [0.717, 1.165) is 24.1 Å². The molecule has 0 unspecified atom stereocenters. The van der Waals surface area contributed by atoms with Crippen molar-refractivity contribution >= 4 is 11.6 Å². The van der Waals surface area contributed by atoms with Crippen molar-refractivity contribution in [2.45, 2.75) is 58.5 Å². The lowest BCUT2D eigenvalue weighted by Crippen LogP contribution is -2.41. The van der Waals surface area contributed by atoms with Crippen LogP contribution in [0.25, 0.3) is 0 Å². The molecule has 0 radical (unpaired) electrons. The van der Waals surface area contributed by atoms with E-state index in [-0.39, 0.29) is 12.0 Å². The van der Waals surface area contributed by atoms with E-state index in [1.165, 1.54) is 19.3 Å². The number of carbonyl (C=O) groups excluding carboxylic acids is 1. The van der Waals surface area contributed by atoms with Crippen molar-refractivity contribution in [1.82, 2.24) is 4.90 Å². The first-order valence-electron chi connectivity index (χ1n) is 7.73. The Labute approximate surface area is 122 Å². The van der Waals surface area contributed by atoms with Gasteiger partial charge in [-0.05, 0) is 44.4 Å². The zero-order chi connectivity index (χ0) is 14.5. The van der Waals surface area contributed by atoms with Gasteiger partial charge in [-0.2, -0.15) is 0 Å². The van der Waals surface area contributed by atoms with Gasteiger partial charge in [-0.1, -0.05) is 31.4 Å². The van der Waals surface area contributed by atoms with Crippen molar-refractivity contribution < 1.29 is 4.79 Å². The van der Waals surface area contributed by atoms with E-state index in [1.54, 1.807) is 0 Å². The van der Waals surface area contributed by atoms with Crippen molar-refractivity contribution in [3.63, 3.8) is 0 Å². The smallest absolute Gasteiger partial charge is 0.226 e. The lowest BCUT2D eigenvalue weighted by Gasteiger charge is -2.32. The molecule has 0 saturated heterocycles. The van der Waals surface area contributed by atoms with Gasteiger partial charge in [0.05, 0.1) is 0 Å². The molecule has 0 aromatic heterocycles. The molecule has 3 heteroatoms. The molecule has 0 bridgehead atoms. The summed E-state index contributed by atoms with van der Waals surface area (Å²) in [6.45, 7) is 4.88. The van der Waals surface area contributed by atoms with Gasteiger partial charge in [0.2, 0.25) is 5.91 Å². The summed E-state index contributed by atoms with van der Waals surface area (Å²) >= 11 is 0. The van der Waals surface area contributed by atoms with Crippen molar-refractivity contribution in [3.05, 3.63) is 29.8 Å². The van der Waals surface area contributed by atoms with Gasteiger partial charge >= 0.3 is 0 Å². The highest BCUT2D eigenvalue weighted by molar-refractivity contribution is 5.79. The summed E-state index contributed by atoms with van der Waals surface area (Å²) in [7, 11) is 0.